The van der Waals surface area contributed by atoms with E-state index in [-0.39, 0.29) is 5.91 Å². The van der Waals surface area contributed by atoms with E-state index in [9.17, 15) is 9.59 Å². The van der Waals surface area contributed by atoms with Crippen LogP contribution >= 0.6 is 11.8 Å². The van der Waals surface area contributed by atoms with Gasteiger partial charge >= 0.3 is 5.97 Å². The van der Waals surface area contributed by atoms with Gasteiger partial charge in [-0.2, -0.15) is 0 Å². The molecule has 2 rings (SSSR count). The van der Waals surface area contributed by atoms with Gasteiger partial charge in [-0.15, -0.1) is 0 Å². The molecule has 0 spiro atoms. The second kappa shape index (κ2) is 7.97. The minimum Gasteiger partial charge on any atom is -0.449 e. The van der Waals surface area contributed by atoms with Crippen molar-refractivity contribution in [2.75, 3.05) is 14.1 Å². The Hall–Kier alpha value is -2.34. The molecule has 24 heavy (non-hydrogen) atoms. The van der Waals surface area contributed by atoms with Crippen molar-refractivity contribution in [2.45, 2.75) is 29.9 Å². The van der Waals surface area contributed by atoms with E-state index in [0.29, 0.717) is 10.6 Å². The molecule has 1 aromatic carbocycles. The fourth-order valence-corrected chi connectivity index (χ4v) is 2.85. The molecule has 0 fully saturated rings. The van der Waals surface area contributed by atoms with Crippen molar-refractivity contribution < 1.29 is 14.3 Å². The highest BCUT2D eigenvalue weighted by Crippen LogP contribution is 2.29. The van der Waals surface area contributed by atoms with Crippen LogP contribution < -0.4 is 0 Å². The van der Waals surface area contributed by atoms with E-state index in [1.807, 2.05) is 31.2 Å². The first-order valence-corrected chi connectivity index (χ1v) is 8.32. The van der Waals surface area contributed by atoms with Crippen LogP contribution in [0.25, 0.3) is 0 Å². The monoisotopic (exact) mass is 344 g/mol. The van der Waals surface area contributed by atoms with Gasteiger partial charge in [0.15, 0.2) is 6.10 Å². The molecule has 1 aromatic heterocycles. The zero-order chi connectivity index (χ0) is 17.7. The Morgan fingerprint density at radius 1 is 1.17 bits per heavy atom. The summed E-state index contributed by atoms with van der Waals surface area (Å²) >= 11 is 1.39. The molecule has 0 aliphatic rings. The van der Waals surface area contributed by atoms with Crippen LogP contribution in [-0.2, 0) is 9.53 Å². The van der Waals surface area contributed by atoms with Crippen molar-refractivity contribution in [2.24, 2.45) is 0 Å². The van der Waals surface area contributed by atoms with Gasteiger partial charge in [0.05, 0.1) is 5.56 Å². The van der Waals surface area contributed by atoms with Crippen LogP contribution in [0.15, 0.2) is 52.5 Å². The fraction of sp³-hybridized carbons (Fsp3) is 0.278. The predicted molar refractivity (Wildman–Crippen MR) is 93.1 cm³/mol. The van der Waals surface area contributed by atoms with Crippen LogP contribution in [-0.4, -0.2) is 42.0 Å². The lowest BCUT2D eigenvalue weighted by molar-refractivity contribution is -0.137. The molecule has 0 aliphatic carbocycles. The SMILES string of the molecule is Cc1ccc(Sc2ncccc2C(=O)O[C@@H](C)C(=O)N(C)C)cc1. The lowest BCUT2D eigenvalue weighted by atomic mass is 10.2. The number of carbonyl (C=O) groups excluding carboxylic acids is 2. The molecule has 2 aromatic rings. The van der Waals surface area contributed by atoms with Gasteiger partial charge in [0.1, 0.15) is 5.03 Å². The van der Waals surface area contributed by atoms with Crippen molar-refractivity contribution in [3.05, 3.63) is 53.7 Å². The highest BCUT2D eigenvalue weighted by Gasteiger charge is 2.22. The Labute approximate surface area is 146 Å². The number of benzene rings is 1. The molecular formula is C18H20N2O3S. The summed E-state index contributed by atoms with van der Waals surface area (Å²) in [6.07, 6.45) is 0.784. The molecule has 0 radical (unpaired) electrons. The molecule has 1 amide bonds. The van der Waals surface area contributed by atoms with Gasteiger partial charge in [-0.3, -0.25) is 4.79 Å². The molecular weight excluding hydrogens is 324 g/mol. The average Bonchev–Trinajstić information content (AvgIpc) is 2.56. The molecule has 0 saturated heterocycles. The summed E-state index contributed by atoms with van der Waals surface area (Å²) in [7, 11) is 3.24. The van der Waals surface area contributed by atoms with Gasteiger partial charge in [-0.1, -0.05) is 29.5 Å². The number of rotatable bonds is 5. The Morgan fingerprint density at radius 3 is 2.46 bits per heavy atom. The summed E-state index contributed by atoms with van der Waals surface area (Å²) in [5.74, 6) is -0.819. The number of likely N-dealkylation sites (N-methyl/N-ethyl adjacent to an activating group) is 1. The van der Waals surface area contributed by atoms with E-state index in [0.717, 1.165) is 10.5 Å². The van der Waals surface area contributed by atoms with Gasteiger partial charge < -0.3 is 9.64 Å². The summed E-state index contributed by atoms with van der Waals surface area (Å²) in [6.45, 7) is 3.57. The third-order valence-corrected chi connectivity index (χ3v) is 4.33. The summed E-state index contributed by atoms with van der Waals surface area (Å²) in [5.41, 5.74) is 1.51. The number of hydrogen-bond acceptors (Lipinski definition) is 5. The molecule has 126 valence electrons. The first kappa shape index (κ1) is 18.0. The molecule has 0 unspecified atom stereocenters. The van der Waals surface area contributed by atoms with Crippen molar-refractivity contribution in [1.29, 1.82) is 0 Å². The zero-order valence-electron chi connectivity index (χ0n) is 14.1. The van der Waals surface area contributed by atoms with Gasteiger partial charge in [0.25, 0.3) is 5.91 Å². The van der Waals surface area contributed by atoms with Crippen molar-refractivity contribution >= 4 is 23.6 Å². The van der Waals surface area contributed by atoms with Gasteiger partial charge in [0.2, 0.25) is 0 Å². The summed E-state index contributed by atoms with van der Waals surface area (Å²) in [6, 6.07) is 11.3. The number of ether oxygens (including phenoxy) is 1. The molecule has 1 heterocycles. The number of aryl methyl sites for hydroxylation is 1. The molecule has 0 N–H and O–H groups in total. The minimum atomic E-state index is -0.843. The first-order chi connectivity index (χ1) is 11.4. The Kier molecular flexibility index (Phi) is 5.98. The van der Waals surface area contributed by atoms with E-state index in [1.165, 1.54) is 16.7 Å². The van der Waals surface area contributed by atoms with E-state index >= 15 is 0 Å². The van der Waals surface area contributed by atoms with E-state index in [2.05, 4.69) is 4.98 Å². The lowest BCUT2D eigenvalue weighted by Crippen LogP contribution is -2.35. The van der Waals surface area contributed by atoms with Gasteiger partial charge in [0, 0.05) is 25.2 Å². The minimum absolute atomic E-state index is 0.264. The first-order valence-electron chi connectivity index (χ1n) is 7.50. The Bertz CT molecular complexity index is 729. The van der Waals surface area contributed by atoms with E-state index < -0.39 is 12.1 Å². The molecule has 0 bridgehead atoms. The largest absolute Gasteiger partial charge is 0.449 e. The Balaban J connectivity index is 2.17. The summed E-state index contributed by atoms with van der Waals surface area (Å²) in [5, 5.41) is 0.552. The van der Waals surface area contributed by atoms with Gasteiger partial charge in [-0.05, 0) is 38.1 Å². The van der Waals surface area contributed by atoms with Gasteiger partial charge in [-0.25, -0.2) is 9.78 Å². The number of pyridine rings is 1. The molecule has 0 saturated carbocycles. The smallest absolute Gasteiger partial charge is 0.341 e. The normalized spacial score (nSPS) is 11.7. The van der Waals surface area contributed by atoms with E-state index in [4.69, 9.17) is 4.74 Å². The van der Waals surface area contributed by atoms with Crippen LogP contribution in [0.4, 0.5) is 0 Å². The average molecular weight is 344 g/mol. The fourth-order valence-electron chi connectivity index (χ4n) is 1.98. The number of amides is 1. The zero-order valence-corrected chi connectivity index (χ0v) is 15.0. The topological polar surface area (TPSA) is 59.5 Å². The van der Waals surface area contributed by atoms with Crippen molar-refractivity contribution in [1.82, 2.24) is 9.88 Å². The predicted octanol–water partition coefficient (Wildman–Crippen LogP) is 3.17. The molecule has 5 nitrogen and oxygen atoms in total. The maximum absolute atomic E-state index is 12.4. The standard InChI is InChI=1S/C18H20N2O3S/c1-12-7-9-14(10-8-12)24-16-15(6-5-11-19-16)18(22)23-13(2)17(21)20(3)4/h5-11,13H,1-4H3/t13-/m0/s1. The number of nitrogens with zero attached hydrogens (tertiary/aromatic N) is 2. The quantitative estimate of drug-likeness (QED) is 0.780. The number of aromatic nitrogens is 1. The summed E-state index contributed by atoms with van der Waals surface area (Å²) in [4.78, 5) is 30.9. The number of hydrogen-bond donors (Lipinski definition) is 0. The maximum atomic E-state index is 12.4. The van der Waals surface area contributed by atoms with Crippen molar-refractivity contribution in [3.8, 4) is 0 Å². The molecule has 0 aliphatic heterocycles. The number of esters is 1. The third kappa shape index (κ3) is 4.58. The van der Waals surface area contributed by atoms with Crippen LogP contribution in [0.2, 0.25) is 0 Å². The van der Waals surface area contributed by atoms with Crippen molar-refractivity contribution in [3.63, 3.8) is 0 Å². The molecule has 6 heteroatoms. The highest BCUT2D eigenvalue weighted by atomic mass is 32.2. The van der Waals surface area contributed by atoms with E-state index in [1.54, 1.807) is 39.3 Å². The van der Waals surface area contributed by atoms with Crippen LogP contribution in [0, 0.1) is 6.92 Å². The lowest BCUT2D eigenvalue weighted by Gasteiger charge is -2.17. The summed E-state index contributed by atoms with van der Waals surface area (Å²) < 4.78 is 5.27. The molecule has 1 atom stereocenters. The van der Waals surface area contributed by atoms with Crippen LogP contribution in [0.3, 0.4) is 0 Å². The number of carbonyl (C=O) groups is 2. The van der Waals surface area contributed by atoms with Crippen LogP contribution in [0.1, 0.15) is 22.8 Å². The highest BCUT2D eigenvalue weighted by molar-refractivity contribution is 7.99. The Morgan fingerprint density at radius 2 is 1.83 bits per heavy atom. The maximum Gasteiger partial charge on any atom is 0.341 e. The second-order valence-corrected chi connectivity index (χ2v) is 6.61. The van der Waals surface area contributed by atoms with Crippen LogP contribution in [0.5, 0.6) is 0 Å². The second-order valence-electron chi connectivity index (χ2n) is 5.55. The third-order valence-electron chi connectivity index (χ3n) is 3.30.